The Morgan fingerprint density at radius 2 is 1.70 bits per heavy atom. The number of halogens is 4. The quantitative estimate of drug-likeness (QED) is 0.0956. The zero-order valence-electron chi connectivity index (χ0n) is 23.0. The van der Waals surface area contributed by atoms with Gasteiger partial charge in [-0.3, -0.25) is 4.79 Å². The average molecular weight is 613 g/mol. The van der Waals surface area contributed by atoms with Gasteiger partial charge in [0, 0.05) is 34.9 Å². The average Bonchev–Trinajstić information content (AvgIpc) is 3.40. The van der Waals surface area contributed by atoms with Crippen LogP contribution in [0.25, 0.3) is 10.6 Å². The number of carbonyl (C=O) groups excluding carboxylic acids is 1. The van der Waals surface area contributed by atoms with Gasteiger partial charge in [-0.25, -0.2) is 14.2 Å². The normalized spacial score (nSPS) is 12.5. The zero-order valence-corrected chi connectivity index (χ0v) is 23.8. The third kappa shape index (κ3) is 8.74. The highest BCUT2D eigenvalue weighted by molar-refractivity contribution is 7.15. The summed E-state index contributed by atoms with van der Waals surface area (Å²) < 4.78 is 60.2. The molecule has 0 saturated heterocycles. The first-order valence-corrected chi connectivity index (χ1v) is 14.2. The number of aliphatic carboxylic acids is 1. The summed E-state index contributed by atoms with van der Waals surface area (Å²) in [7, 11) is 0. The third-order valence-electron chi connectivity index (χ3n) is 6.43. The Morgan fingerprint density at radius 1 is 1.02 bits per heavy atom. The standard InChI is InChI=1S/C32H28F4N2O4S/c1-2-28-25(38-30(43-28)22-10-12-23(33)13-11-22)16-17-42-24-14-8-20(9-15-24)18-26(31(40)41)37-29(32(34,35)36)19-27(39)21-6-4-3-5-7-21/h3-15,19,26,37H,2,16-18H2,1H3,(H,40,41)/b29-19-/t26-/m0/s1. The van der Waals surface area contributed by atoms with E-state index in [2.05, 4.69) is 0 Å². The first-order chi connectivity index (χ1) is 20.5. The molecular weight excluding hydrogens is 584 g/mol. The van der Waals surface area contributed by atoms with Gasteiger partial charge < -0.3 is 15.2 Å². The number of carboxylic acids is 1. The predicted octanol–water partition coefficient (Wildman–Crippen LogP) is 7.05. The highest BCUT2D eigenvalue weighted by Crippen LogP contribution is 2.29. The van der Waals surface area contributed by atoms with Crippen molar-refractivity contribution in [1.82, 2.24) is 10.3 Å². The Morgan fingerprint density at radius 3 is 2.30 bits per heavy atom. The van der Waals surface area contributed by atoms with Gasteiger partial charge in [-0.2, -0.15) is 13.2 Å². The Bertz CT molecular complexity index is 1570. The fourth-order valence-corrected chi connectivity index (χ4v) is 5.26. The van der Waals surface area contributed by atoms with Crippen molar-refractivity contribution in [3.63, 3.8) is 0 Å². The van der Waals surface area contributed by atoms with Crippen LogP contribution in [-0.2, 0) is 24.1 Å². The lowest BCUT2D eigenvalue weighted by Gasteiger charge is -2.20. The highest BCUT2D eigenvalue weighted by atomic mass is 32.1. The molecule has 0 saturated carbocycles. The van der Waals surface area contributed by atoms with Crippen LogP contribution in [0.15, 0.2) is 90.6 Å². The van der Waals surface area contributed by atoms with Gasteiger partial charge in [-0.1, -0.05) is 49.4 Å². The van der Waals surface area contributed by atoms with E-state index in [1.807, 2.05) is 12.2 Å². The molecule has 43 heavy (non-hydrogen) atoms. The van der Waals surface area contributed by atoms with Crippen molar-refractivity contribution in [1.29, 1.82) is 0 Å². The van der Waals surface area contributed by atoms with Crippen LogP contribution in [0.4, 0.5) is 17.6 Å². The Labute approximate surface area is 249 Å². The minimum Gasteiger partial charge on any atom is -0.493 e. The third-order valence-corrected chi connectivity index (χ3v) is 7.72. The Hall–Kier alpha value is -4.51. The van der Waals surface area contributed by atoms with Crippen molar-refractivity contribution < 1.29 is 37.0 Å². The SMILES string of the molecule is CCc1sc(-c2ccc(F)cc2)nc1CCOc1ccc(C[C@H](N/C(=C\C(=O)c2ccccc2)C(F)(F)F)C(=O)O)cc1. The number of thiazole rings is 1. The van der Waals surface area contributed by atoms with Crippen LogP contribution in [0.3, 0.4) is 0 Å². The molecule has 6 nitrogen and oxygen atoms in total. The van der Waals surface area contributed by atoms with Gasteiger partial charge in [-0.05, 0) is 48.4 Å². The Balaban J connectivity index is 1.37. The van der Waals surface area contributed by atoms with Gasteiger partial charge in [-0.15, -0.1) is 11.3 Å². The summed E-state index contributed by atoms with van der Waals surface area (Å²) in [6.07, 6.45) is -3.55. The maximum Gasteiger partial charge on any atom is 0.431 e. The molecule has 1 atom stereocenters. The summed E-state index contributed by atoms with van der Waals surface area (Å²) in [5.74, 6) is -2.22. The number of alkyl halides is 3. The fourth-order valence-electron chi connectivity index (χ4n) is 4.20. The van der Waals surface area contributed by atoms with E-state index in [-0.39, 0.29) is 17.8 Å². The van der Waals surface area contributed by atoms with Gasteiger partial charge in [0.05, 0.1) is 12.3 Å². The van der Waals surface area contributed by atoms with Crippen molar-refractivity contribution in [2.45, 2.75) is 38.4 Å². The van der Waals surface area contributed by atoms with Crippen molar-refractivity contribution in [2.24, 2.45) is 0 Å². The van der Waals surface area contributed by atoms with E-state index in [0.29, 0.717) is 30.4 Å². The molecule has 0 spiro atoms. The zero-order chi connectivity index (χ0) is 31.0. The largest absolute Gasteiger partial charge is 0.493 e. The fraction of sp³-hybridized carbons (Fsp3) is 0.219. The van der Waals surface area contributed by atoms with Gasteiger partial charge in [0.1, 0.15) is 28.3 Å². The number of allylic oxidation sites excluding steroid dienone is 2. The minimum absolute atomic E-state index is 0.0440. The number of nitrogens with zero attached hydrogens (tertiary/aromatic N) is 1. The number of benzene rings is 3. The van der Waals surface area contributed by atoms with Crippen molar-refractivity contribution in [2.75, 3.05) is 6.61 Å². The van der Waals surface area contributed by atoms with E-state index in [1.54, 1.807) is 53.8 Å². The lowest BCUT2D eigenvalue weighted by molar-refractivity contribution is -0.140. The highest BCUT2D eigenvalue weighted by Gasteiger charge is 2.37. The topological polar surface area (TPSA) is 88.5 Å². The summed E-state index contributed by atoms with van der Waals surface area (Å²) in [5.41, 5.74) is 0.781. The number of nitrogens with one attached hydrogen (secondary N) is 1. The molecule has 4 rings (SSSR count). The molecule has 0 bridgehead atoms. The van der Waals surface area contributed by atoms with Crippen LogP contribution in [0.1, 0.15) is 33.4 Å². The van der Waals surface area contributed by atoms with Crippen molar-refractivity contribution in [3.05, 3.63) is 118 Å². The molecule has 0 radical (unpaired) electrons. The summed E-state index contributed by atoms with van der Waals surface area (Å²) >= 11 is 1.55. The molecule has 0 aliphatic heterocycles. The van der Waals surface area contributed by atoms with Crippen molar-refractivity contribution >= 4 is 23.1 Å². The number of rotatable bonds is 13. The van der Waals surface area contributed by atoms with Gasteiger partial charge in [0.15, 0.2) is 5.78 Å². The lowest BCUT2D eigenvalue weighted by Crippen LogP contribution is -2.42. The van der Waals surface area contributed by atoms with Gasteiger partial charge >= 0.3 is 12.1 Å². The van der Waals surface area contributed by atoms with Gasteiger partial charge in [0.2, 0.25) is 0 Å². The minimum atomic E-state index is -4.97. The summed E-state index contributed by atoms with van der Waals surface area (Å²) in [4.78, 5) is 30.0. The molecule has 3 aromatic carbocycles. The predicted molar refractivity (Wildman–Crippen MR) is 156 cm³/mol. The molecule has 4 aromatic rings. The van der Waals surface area contributed by atoms with Crippen LogP contribution >= 0.6 is 11.3 Å². The van der Waals surface area contributed by atoms with E-state index in [4.69, 9.17) is 9.72 Å². The van der Waals surface area contributed by atoms with Crippen LogP contribution in [0, 0.1) is 5.82 Å². The van der Waals surface area contributed by atoms with E-state index in [1.165, 1.54) is 36.4 Å². The second-order valence-corrected chi connectivity index (χ2v) is 10.6. The van der Waals surface area contributed by atoms with E-state index >= 15 is 0 Å². The second-order valence-electron chi connectivity index (χ2n) is 9.52. The Kier molecular flexibility index (Phi) is 10.3. The smallest absolute Gasteiger partial charge is 0.431 e. The molecule has 1 heterocycles. The number of hydrogen-bond acceptors (Lipinski definition) is 6. The van der Waals surface area contributed by atoms with Crippen LogP contribution in [-0.4, -0.2) is 40.7 Å². The molecule has 0 unspecified atom stereocenters. The molecule has 0 fully saturated rings. The number of aryl methyl sites for hydroxylation is 1. The first kappa shape index (κ1) is 31.4. The summed E-state index contributed by atoms with van der Waals surface area (Å²) in [6.45, 7) is 2.34. The molecule has 0 aliphatic carbocycles. The van der Waals surface area contributed by atoms with Crippen LogP contribution in [0.5, 0.6) is 5.75 Å². The number of ether oxygens (including phenoxy) is 1. The summed E-state index contributed by atoms with van der Waals surface area (Å²) in [5, 5.41) is 12.4. The number of hydrogen-bond donors (Lipinski definition) is 2. The molecule has 1 aromatic heterocycles. The number of carboxylic acid groups (broad SMARTS) is 1. The van der Waals surface area contributed by atoms with Gasteiger partial charge in [0.25, 0.3) is 0 Å². The molecule has 0 aliphatic rings. The monoisotopic (exact) mass is 612 g/mol. The molecule has 224 valence electrons. The van der Waals surface area contributed by atoms with E-state index in [0.717, 1.165) is 27.6 Å². The number of aromatic nitrogens is 1. The number of ketones is 1. The summed E-state index contributed by atoms with van der Waals surface area (Å²) in [6, 6.07) is 18.3. The molecule has 2 N–H and O–H groups in total. The maximum absolute atomic E-state index is 13.7. The van der Waals surface area contributed by atoms with E-state index < -0.39 is 29.7 Å². The lowest BCUT2D eigenvalue weighted by atomic mass is 10.0. The molecular formula is C32H28F4N2O4S. The second kappa shape index (κ2) is 14.1. The maximum atomic E-state index is 13.7. The van der Waals surface area contributed by atoms with Crippen molar-refractivity contribution in [3.8, 4) is 16.3 Å². The van der Waals surface area contributed by atoms with E-state index in [9.17, 15) is 32.3 Å². The van der Waals surface area contributed by atoms with Crippen LogP contribution < -0.4 is 10.1 Å². The molecule has 11 heteroatoms. The number of carbonyl (C=O) groups is 2. The van der Waals surface area contributed by atoms with Crippen LogP contribution in [0.2, 0.25) is 0 Å². The first-order valence-electron chi connectivity index (χ1n) is 13.4. The molecule has 0 amide bonds.